The van der Waals surface area contributed by atoms with Crippen LogP contribution in [0, 0.1) is 0 Å². The number of benzene rings is 1. The maximum absolute atomic E-state index is 12.0. The van der Waals surface area contributed by atoms with Crippen molar-refractivity contribution in [2.24, 2.45) is 0 Å². The molecular weight excluding hydrogens is 318 g/mol. The molecule has 0 unspecified atom stereocenters. The lowest BCUT2D eigenvalue weighted by Gasteiger charge is -2.06. The molecule has 0 bridgehead atoms. The zero-order valence-electron chi connectivity index (χ0n) is 10.6. The molecule has 0 saturated heterocycles. The first-order valence-corrected chi connectivity index (χ1v) is 6.98. The molecule has 0 aliphatic carbocycles. The second-order valence-corrected chi connectivity index (χ2v) is 5.25. The summed E-state index contributed by atoms with van der Waals surface area (Å²) >= 11 is 3.41. The lowest BCUT2D eigenvalue weighted by molar-refractivity contribution is -0.115. The highest BCUT2D eigenvalue weighted by Gasteiger charge is 2.06. The third kappa shape index (κ3) is 2.72. The van der Waals surface area contributed by atoms with Crippen LogP contribution in [-0.2, 0) is 11.2 Å². The number of nitrogens with one attached hydrogen (secondary N) is 1. The molecule has 3 rings (SSSR count). The first kappa shape index (κ1) is 12.9. The highest BCUT2D eigenvalue weighted by atomic mass is 79.9. The molecule has 0 atom stereocenters. The Balaban J connectivity index is 1.75. The fourth-order valence-electron chi connectivity index (χ4n) is 2.01. The predicted octanol–water partition coefficient (Wildman–Crippen LogP) is 3.28. The van der Waals surface area contributed by atoms with E-state index >= 15 is 0 Å². The Labute approximate surface area is 124 Å². The number of imidazole rings is 1. The first-order valence-electron chi connectivity index (χ1n) is 6.19. The van der Waals surface area contributed by atoms with E-state index in [1.807, 2.05) is 53.1 Å². The molecule has 0 spiro atoms. The van der Waals surface area contributed by atoms with Crippen LogP contribution in [0.1, 0.15) is 5.56 Å². The van der Waals surface area contributed by atoms with Gasteiger partial charge in [-0.25, -0.2) is 4.98 Å². The number of fused-ring (bicyclic) bond motifs is 1. The summed E-state index contributed by atoms with van der Waals surface area (Å²) in [6.45, 7) is 0. The van der Waals surface area contributed by atoms with Gasteiger partial charge in [-0.2, -0.15) is 0 Å². The van der Waals surface area contributed by atoms with Crippen molar-refractivity contribution in [2.75, 3.05) is 5.32 Å². The minimum absolute atomic E-state index is 0.0354. The molecule has 4 nitrogen and oxygen atoms in total. The van der Waals surface area contributed by atoms with Crippen LogP contribution in [0.3, 0.4) is 0 Å². The number of aromatic nitrogens is 2. The van der Waals surface area contributed by atoms with Gasteiger partial charge in [0.1, 0.15) is 10.3 Å². The number of anilines is 1. The maximum Gasteiger partial charge on any atom is 0.228 e. The van der Waals surface area contributed by atoms with Crippen LogP contribution in [0.4, 0.5) is 5.69 Å². The van der Waals surface area contributed by atoms with Crippen molar-refractivity contribution in [3.8, 4) is 0 Å². The van der Waals surface area contributed by atoms with E-state index in [0.717, 1.165) is 21.5 Å². The number of amides is 1. The number of carbonyl (C=O) groups excluding carboxylic acids is 1. The molecule has 1 amide bonds. The molecule has 0 radical (unpaired) electrons. The molecule has 100 valence electrons. The minimum Gasteiger partial charge on any atom is -0.324 e. The van der Waals surface area contributed by atoms with Gasteiger partial charge in [0.25, 0.3) is 0 Å². The van der Waals surface area contributed by atoms with Gasteiger partial charge < -0.3 is 5.32 Å². The summed E-state index contributed by atoms with van der Waals surface area (Å²) < 4.78 is 2.73. The molecule has 0 aliphatic heterocycles. The smallest absolute Gasteiger partial charge is 0.228 e. The molecule has 0 saturated carbocycles. The molecule has 0 fully saturated rings. The van der Waals surface area contributed by atoms with Gasteiger partial charge in [-0.3, -0.25) is 9.20 Å². The summed E-state index contributed by atoms with van der Waals surface area (Å²) in [5.41, 5.74) is 2.57. The summed E-state index contributed by atoms with van der Waals surface area (Å²) in [5.74, 6) is -0.0354. The number of rotatable bonds is 3. The van der Waals surface area contributed by atoms with E-state index in [1.54, 1.807) is 6.20 Å². The van der Waals surface area contributed by atoms with E-state index in [-0.39, 0.29) is 5.91 Å². The van der Waals surface area contributed by atoms with Crippen LogP contribution < -0.4 is 5.32 Å². The van der Waals surface area contributed by atoms with Gasteiger partial charge in [0.15, 0.2) is 0 Å². The molecule has 2 heterocycles. The van der Waals surface area contributed by atoms with Gasteiger partial charge in [-0.1, -0.05) is 30.3 Å². The summed E-state index contributed by atoms with van der Waals surface area (Å²) in [6.07, 6.45) is 3.93. The Morgan fingerprint density at radius 1 is 1.20 bits per heavy atom. The van der Waals surface area contributed by atoms with Crippen molar-refractivity contribution in [1.82, 2.24) is 9.38 Å². The molecule has 0 aliphatic rings. The van der Waals surface area contributed by atoms with Crippen molar-refractivity contribution in [2.45, 2.75) is 6.42 Å². The third-order valence-electron chi connectivity index (χ3n) is 2.95. The van der Waals surface area contributed by atoms with Gasteiger partial charge in [0.05, 0.1) is 18.3 Å². The van der Waals surface area contributed by atoms with E-state index in [2.05, 4.69) is 26.2 Å². The predicted molar refractivity (Wildman–Crippen MR) is 81.7 cm³/mol. The van der Waals surface area contributed by atoms with Crippen molar-refractivity contribution in [1.29, 1.82) is 0 Å². The van der Waals surface area contributed by atoms with Crippen LogP contribution in [0.15, 0.2) is 59.5 Å². The number of hydrogen-bond donors (Lipinski definition) is 1. The van der Waals surface area contributed by atoms with Gasteiger partial charge in [0, 0.05) is 6.20 Å². The zero-order chi connectivity index (χ0) is 13.9. The molecular formula is C15H12BrN3O. The van der Waals surface area contributed by atoms with E-state index in [4.69, 9.17) is 0 Å². The van der Waals surface area contributed by atoms with Crippen molar-refractivity contribution in [3.63, 3.8) is 0 Å². The maximum atomic E-state index is 12.0. The second kappa shape index (κ2) is 5.46. The van der Waals surface area contributed by atoms with Gasteiger partial charge in [-0.15, -0.1) is 0 Å². The number of hydrogen-bond acceptors (Lipinski definition) is 2. The summed E-state index contributed by atoms with van der Waals surface area (Å²) in [7, 11) is 0. The number of nitrogens with zero attached hydrogens (tertiary/aromatic N) is 2. The highest BCUT2D eigenvalue weighted by molar-refractivity contribution is 9.10. The Hall–Kier alpha value is -2.14. The van der Waals surface area contributed by atoms with Crippen LogP contribution in [-0.4, -0.2) is 15.3 Å². The Bertz CT molecular complexity index is 752. The topological polar surface area (TPSA) is 46.4 Å². The van der Waals surface area contributed by atoms with Crippen LogP contribution in [0.25, 0.3) is 5.65 Å². The van der Waals surface area contributed by atoms with Crippen molar-refractivity contribution in [3.05, 3.63) is 65.0 Å². The highest BCUT2D eigenvalue weighted by Crippen LogP contribution is 2.16. The number of pyridine rings is 1. The Kier molecular flexibility index (Phi) is 3.52. The normalized spacial score (nSPS) is 10.7. The quantitative estimate of drug-likeness (QED) is 0.801. The molecule has 20 heavy (non-hydrogen) atoms. The number of halogens is 1. The molecule has 2 aromatic heterocycles. The van der Waals surface area contributed by atoms with Gasteiger partial charge in [-0.05, 0) is 33.6 Å². The van der Waals surface area contributed by atoms with E-state index in [1.165, 1.54) is 0 Å². The largest absolute Gasteiger partial charge is 0.324 e. The third-order valence-corrected chi connectivity index (χ3v) is 3.54. The Morgan fingerprint density at radius 3 is 2.80 bits per heavy atom. The summed E-state index contributed by atoms with van der Waals surface area (Å²) in [4.78, 5) is 16.2. The minimum atomic E-state index is -0.0354. The fourth-order valence-corrected chi connectivity index (χ4v) is 2.40. The average Bonchev–Trinajstić information content (AvgIpc) is 2.81. The van der Waals surface area contributed by atoms with Crippen LogP contribution in [0.5, 0.6) is 0 Å². The molecule has 1 aromatic carbocycles. The standard InChI is InChI=1S/C15H12BrN3O/c16-13-9-17-14-7-6-12(10-19(13)14)18-15(20)8-11-4-2-1-3-5-11/h1-7,9-10H,8H2,(H,18,20). The summed E-state index contributed by atoms with van der Waals surface area (Å²) in [6, 6.07) is 13.4. The lowest BCUT2D eigenvalue weighted by atomic mass is 10.1. The van der Waals surface area contributed by atoms with E-state index in [0.29, 0.717) is 6.42 Å². The van der Waals surface area contributed by atoms with Crippen molar-refractivity contribution >= 4 is 33.2 Å². The first-order chi connectivity index (χ1) is 9.72. The van der Waals surface area contributed by atoms with Crippen molar-refractivity contribution < 1.29 is 4.79 Å². The molecule has 1 N–H and O–H groups in total. The van der Waals surface area contributed by atoms with Crippen LogP contribution in [0.2, 0.25) is 0 Å². The lowest BCUT2D eigenvalue weighted by Crippen LogP contribution is -2.14. The zero-order valence-corrected chi connectivity index (χ0v) is 12.2. The number of carbonyl (C=O) groups is 1. The van der Waals surface area contributed by atoms with E-state index in [9.17, 15) is 4.79 Å². The Morgan fingerprint density at radius 2 is 2.00 bits per heavy atom. The van der Waals surface area contributed by atoms with Gasteiger partial charge >= 0.3 is 0 Å². The SMILES string of the molecule is O=C(Cc1ccccc1)Nc1ccc2ncc(Br)n2c1. The molecule has 5 heteroatoms. The van der Waals surface area contributed by atoms with E-state index < -0.39 is 0 Å². The van der Waals surface area contributed by atoms with Crippen LogP contribution >= 0.6 is 15.9 Å². The molecule has 3 aromatic rings. The monoisotopic (exact) mass is 329 g/mol. The summed E-state index contributed by atoms with van der Waals surface area (Å²) in [5, 5.41) is 2.89. The van der Waals surface area contributed by atoms with Gasteiger partial charge in [0.2, 0.25) is 5.91 Å². The fraction of sp³-hybridized carbons (Fsp3) is 0.0667. The average molecular weight is 330 g/mol. The second-order valence-electron chi connectivity index (χ2n) is 4.44.